The van der Waals surface area contributed by atoms with Gasteiger partial charge in [-0.25, -0.2) is 0 Å². The fourth-order valence-corrected chi connectivity index (χ4v) is 3.55. The van der Waals surface area contributed by atoms with Crippen molar-refractivity contribution in [3.8, 4) is 5.75 Å². The largest absolute Gasteiger partial charge is 0.606 e. The Labute approximate surface area is 108 Å². The molecule has 3 rings (SSSR count). The molecule has 1 atom stereocenters. The Kier molecular flexibility index (Phi) is 2.74. The topological polar surface area (TPSA) is 32.3 Å². The second-order valence-electron chi connectivity index (χ2n) is 3.90. The van der Waals surface area contributed by atoms with E-state index < -0.39 is 11.2 Å². The van der Waals surface area contributed by atoms with Gasteiger partial charge in [-0.2, -0.15) is 0 Å². The van der Waals surface area contributed by atoms with Crippen LogP contribution in [-0.2, 0) is 17.6 Å². The monoisotopic (exact) mass is 264 g/mol. The molecule has 1 aliphatic rings. The predicted octanol–water partition coefficient (Wildman–Crippen LogP) is 3.29. The van der Waals surface area contributed by atoms with Crippen molar-refractivity contribution in [3.05, 3.63) is 53.6 Å². The first-order chi connectivity index (χ1) is 8.29. The van der Waals surface area contributed by atoms with Gasteiger partial charge in [-0.3, -0.25) is 0 Å². The van der Waals surface area contributed by atoms with E-state index in [1.165, 1.54) is 0 Å². The van der Waals surface area contributed by atoms with Gasteiger partial charge in [0.1, 0.15) is 17.6 Å². The zero-order chi connectivity index (χ0) is 11.8. The lowest BCUT2D eigenvalue weighted by molar-refractivity contribution is 0.588. The smallest absolute Gasteiger partial charge is 0.162 e. The summed E-state index contributed by atoms with van der Waals surface area (Å²) in [4.78, 5) is 1.75. The van der Waals surface area contributed by atoms with Gasteiger partial charge in [0.15, 0.2) is 9.79 Å². The van der Waals surface area contributed by atoms with E-state index in [0.29, 0.717) is 5.75 Å². The van der Waals surface area contributed by atoms with Crippen LogP contribution >= 0.6 is 11.9 Å². The summed E-state index contributed by atoms with van der Waals surface area (Å²) in [6.45, 7) is 0. The molecule has 2 nitrogen and oxygen atoms in total. The number of hydrogen-bond acceptors (Lipinski definition) is 2. The molecular formula is C13H9ClO2S. The van der Waals surface area contributed by atoms with Crippen LogP contribution in [0.4, 0.5) is 0 Å². The molecule has 2 aromatic carbocycles. The summed E-state index contributed by atoms with van der Waals surface area (Å²) < 4.78 is 17.0. The van der Waals surface area contributed by atoms with Gasteiger partial charge in [-0.1, -0.05) is 18.2 Å². The zero-order valence-electron chi connectivity index (χ0n) is 8.85. The van der Waals surface area contributed by atoms with Crippen LogP contribution in [0.1, 0.15) is 11.1 Å². The second-order valence-corrected chi connectivity index (χ2v) is 5.47. The SMILES string of the molecule is [O-][S+]1c2ccccc2Cc2cc(OCl)ccc21. The summed E-state index contributed by atoms with van der Waals surface area (Å²) in [6.07, 6.45) is 0.769. The molecule has 0 fully saturated rings. The molecule has 0 N–H and O–H groups in total. The summed E-state index contributed by atoms with van der Waals surface area (Å²) >= 11 is 4.23. The Morgan fingerprint density at radius 1 is 1.06 bits per heavy atom. The van der Waals surface area contributed by atoms with Gasteiger partial charge in [-0.05, 0) is 24.3 Å². The van der Waals surface area contributed by atoms with E-state index in [2.05, 4.69) is 4.29 Å². The summed E-state index contributed by atoms with van der Waals surface area (Å²) in [5.41, 5.74) is 2.12. The van der Waals surface area contributed by atoms with Crippen molar-refractivity contribution in [1.82, 2.24) is 0 Å². The molecule has 0 radical (unpaired) electrons. The molecule has 1 aliphatic heterocycles. The maximum absolute atomic E-state index is 12.3. The van der Waals surface area contributed by atoms with Gasteiger partial charge in [-0.15, -0.1) is 0 Å². The fraction of sp³-hybridized carbons (Fsp3) is 0.0769. The first-order valence-corrected chi connectivity index (χ1v) is 6.66. The lowest BCUT2D eigenvalue weighted by Gasteiger charge is -2.21. The Bertz CT molecular complexity index is 571. The highest BCUT2D eigenvalue weighted by molar-refractivity contribution is 7.91. The van der Waals surface area contributed by atoms with Crippen molar-refractivity contribution < 1.29 is 8.84 Å². The molecule has 86 valence electrons. The summed E-state index contributed by atoms with van der Waals surface area (Å²) in [6, 6.07) is 13.2. The van der Waals surface area contributed by atoms with Crippen LogP contribution in [0.5, 0.6) is 5.75 Å². The lowest BCUT2D eigenvalue weighted by Crippen LogP contribution is -2.14. The van der Waals surface area contributed by atoms with E-state index in [-0.39, 0.29) is 0 Å². The Morgan fingerprint density at radius 3 is 2.65 bits per heavy atom. The minimum Gasteiger partial charge on any atom is -0.606 e. The Morgan fingerprint density at radius 2 is 1.82 bits per heavy atom. The fourth-order valence-electron chi connectivity index (χ4n) is 2.08. The van der Waals surface area contributed by atoms with E-state index in [0.717, 1.165) is 27.3 Å². The highest BCUT2D eigenvalue weighted by Gasteiger charge is 2.28. The molecule has 2 aromatic rings. The van der Waals surface area contributed by atoms with Crippen LogP contribution in [-0.4, -0.2) is 4.55 Å². The molecule has 1 unspecified atom stereocenters. The third-order valence-electron chi connectivity index (χ3n) is 2.87. The van der Waals surface area contributed by atoms with Crippen LogP contribution in [0.2, 0.25) is 0 Å². The number of halogens is 1. The van der Waals surface area contributed by atoms with Crippen molar-refractivity contribution in [2.75, 3.05) is 0 Å². The molecule has 1 heterocycles. The van der Waals surface area contributed by atoms with Crippen molar-refractivity contribution in [3.63, 3.8) is 0 Å². The van der Waals surface area contributed by atoms with Crippen LogP contribution in [0, 0.1) is 0 Å². The quantitative estimate of drug-likeness (QED) is 0.741. The summed E-state index contributed by atoms with van der Waals surface area (Å²) in [7, 11) is 0. The van der Waals surface area contributed by atoms with Gasteiger partial charge in [0.2, 0.25) is 0 Å². The predicted molar refractivity (Wildman–Crippen MR) is 66.8 cm³/mol. The van der Waals surface area contributed by atoms with Crippen molar-refractivity contribution in [2.24, 2.45) is 0 Å². The van der Waals surface area contributed by atoms with Crippen molar-refractivity contribution in [1.29, 1.82) is 0 Å². The number of rotatable bonds is 1. The molecule has 0 aliphatic carbocycles. The molecule has 0 spiro atoms. The van der Waals surface area contributed by atoms with Crippen LogP contribution in [0.25, 0.3) is 0 Å². The first kappa shape index (κ1) is 11.0. The highest BCUT2D eigenvalue weighted by Crippen LogP contribution is 2.35. The third kappa shape index (κ3) is 1.80. The Balaban J connectivity index is 2.12. The molecule has 0 saturated carbocycles. The first-order valence-electron chi connectivity index (χ1n) is 5.21. The van der Waals surface area contributed by atoms with Crippen LogP contribution in [0.15, 0.2) is 52.3 Å². The normalized spacial score (nSPS) is 17.2. The van der Waals surface area contributed by atoms with E-state index in [1.54, 1.807) is 6.07 Å². The van der Waals surface area contributed by atoms with E-state index >= 15 is 0 Å². The summed E-state index contributed by atoms with van der Waals surface area (Å²) in [5, 5.41) is 0. The minimum atomic E-state index is -1.10. The van der Waals surface area contributed by atoms with Gasteiger partial charge in [0.05, 0.1) is 0 Å². The summed E-state index contributed by atoms with van der Waals surface area (Å²) in [5.74, 6) is 0.585. The maximum Gasteiger partial charge on any atom is 0.162 e. The van der Waals surface area contributed by atoms with Gasteiger partial charge in [0, 0.05) is 28.7 Å². The van der Waals surface area contributed by atoms with E-state index in [9.17, 15) is 4.55 Å². The lowest BCUT2D eigenvalue weighted by atomic mass is 10.0. The Hall–Kier alpha value is -1.16. The standard InChI is InChI=1S/C13H9ClO2S/c14-16-11-5-6-13-10(8-11)7-9-3-1-2-4-12(9)17(13)15/h1-6,8H,7H2. The number of fused-ring (bicyclic) bond motifs is 2. The minimum absolute atomic E-state index is 0.585. The molecular weight excluding hydrogens is 256 g/mol. The molecule has 17 heavy (non-hydrogen) atoms. The van der Waals surface area contributed by atoms with Gasteiger partial charge < -0.3 is 8.84 Å². The van der Waals surface area contributed by atoms with E-state index in [1.807, 2.05) is 36.4 Å². The molecule has 0 aromatic heterocycles. The number of hydrogen-bond donors (Lipinski definition) is 0. The maximum atomic E-state index is 12.3. The van der Waals surface area contributed by atoms with Crippen LogP contribution in [0.3, 0.4) is 0 Å². The van der Waals surface area contributed by atoms with Crippen molar-refractivity contribution >= 4 is 23.0 Å². The average molecular weight is 265 g/mol. The average Bonchev–Trinajstić information content (AvgIpc) is 2.38. The molecule has 0 saturated heterocycles. The van der Waals surface area contributed by atoms with Crippen LogP contribution < -0.4 is 4.29 Å². The second kappa shape index (κ2) is 4.26. The third-order valence-corrected chi connectivity index (χ3v) is 4.65. The van der Waals surface area contributed by atoms with Crippen molar-refractivity contribution in [2.45, 2.75) is 16.2 Å². The van der Waals surface area contributed by atoms with E-state index in [4.69, 9.17) is 11.9 Å². The zero-order valence-corrected chi connectivity index (χ0v) is 10.4. The van der Waals surface area contributed by atoms with Gasteiger partial charge >= 0.3 is 0 Å². The number of benzene rings is 2. The highest BCUT2D eigenvalue weighted by atomic mass is 35.5. The van der Waals surface area contributed by atoms with Gasteiger partial charge in [0.25, 0.3) is 0 Å². The molecule has 0 bridgehead atoms. The molecule has 4 heteroatoms. The molecule has 0 amide bonds.